The minimum atomic E-state index is 0.542. The maximum absolute atomic E-state index is 5.24. The molecule has 1 atom stereocenters. The molecule has 0 spiro atoms. The predicted molar refractivity (Wildman–Crippen MR) is 38.4 cm³/mol. The van der Waals surface area contributed by atoms with E-state index < -0.39 is 0 Å². The molecule has 1 aliphatic rings. The van der Waals surface area contributed by atoms with Gasteiger partial charge in [0.25, 0.3) is 0 Å². The zero-order valence-electron chi connectivity index (χ0n) is 6.18. The van der Waals surface area contributed by atoms with Crippen LogP contribution in [0.2, 0.25) is 0 Å². The highest BCUT2D eigenvalue weighted by atomic mass is 16.5. The van der Waals surface area contributed by atoms with E-state index in [-0.39, 0.29) is 0 Å². The monoisotopic (exact) mass is 126 g/mol. The van der Waals surface area contributed by atoms with Crippen molar-refractivity contribution in [1.29, 1.82) is 0 Å². The Morgan fingerprint density at radius 3 is 2.67 bits per heavy atom. The fourth-order valence-corrected chi connectivity index (χ4v) is 0.838. The third-order valence-electron chi connectivity index (χ3n) is 1.58. The Balaban J connectivity index is 2.10. The van der Waals surface area contributed by atoms with Gasteiger partial charge in [0, 0.05) is 6.61 Å². The Morgan fingerprint density at radius 2 is 2.33 bits per heavy atom. The van der Waals surface area contributed by atoms with Crippen molar-refractivity contribution in [3.63, 3.8) is 0 Å². The molecule has 0 N–H and O–H groups in total. The van der Waals surface area contributed by atoms with Crippen LogP contribution in [-0.2, 0) is 4.74 Å². The summed E-state index contributed by atoms with van der Waals surface area (Å²) in [5.74, 6) is 0. The molecule has 9 heavy (non-hydrogen) atoms. The summed E-state index contributed by atoms with van der Waals surface area (Å²) in [7, 11) is 0. The first kappa shape index (κ1) is 6.81. The van der Waals surface area contributed by atoms with Crippen LogP contribution in [0.3, 0.4) is 0 Å². The molecule has 0 aromatic carbocycles. The lowest BCUT2D eigenvalue weighted by Crippen LogP contribution is -2.25. The molecule has 1 fully saturated rings. The summed E-state index contributed by atoms with van der Waals surface area (Å²) in [6.45, 7) is 5.22. The summed E-state index contributed by atoms with van der Waals surface area (Å²) >= 11 is 0. The van der Waals surface area contributed by atoms with Crippen LogP contribution < -0.4 is 0 Å². The van der Waals surface area contributed by atoms with Gasteiger partial charge in [-0.25, -0.2) is 0 Å². The van der Waals surface area contributed by atoms with Crippen molar-refractivity contribution in [2.75, 3.05) is 6.61 Å². The fraction of sp³-hybridized carbons (Fsp3) is 0.750. The van der Waals surface area contributed by atoms with Gasteiger partial charge in [-0.1, -0.05) is 11.6 Å². The Morgan fingerprint density at radius 1 is 1.67 bits per heavy atom. The van der Waals surface area contributed by atoms with Crippen LogP contribution in [0.4, 0.5) is 0 Å². The van der Waals surface area contributed by atoms with Crippen LogP contribution in [0.1, 0.15) is 26.7 Å². The van der Waals surface area contributed by atoms with Crippen LogP contribution >= 0.6 is 0 Å². The normalized spacial score (nSPS) is 24.9. The van der Waals surface area contributed by atoms with Crippen molar-refractivity contribution in [3.8, 4) is 0 Å². The number of ether oxygens (including phenoxy) is 1. The zero-order chi connectivity index (χ0) is 6.69. The van der Waals surface area contributed by atoms with Crippen molar-refractivity contribution >= 4 is 0 Å². The average molecular weight is 126 g/mol. The lowest BCUT2D eigenvalue weighted by molar-refractivity contribution is -0.0476. The molecule has 0 amide bonds. The molecule has 1 saturated heterocycles. The third kappa shape index (κ3) is 2.19. The molecular formula is C8H14O. The quantitative estimate of drug-likeness (QED) is 0.515. The van der Waals surface area contributed by atoms with Gasteiger partial charge in [-0.15, -0.1) is 0 Å². The van der Waals surface area contributed by atoms with Crippen molar-refractivity contribution in [3.05, 3.63) is 11.6 Å². The van der Waals surface area contributed by atoms with E-state index in [9.17, 15) is 0 Å². The van der Waals surface area contributed by atoms with E-state index >= 15 is 0 Å². The van der Waals surface area contributed by atoms with Gasteiger partial charge in [0.2, 0.25) is 0 Å². The van der Waals surface area contributed by atoms with Crippen molar-refractivity contribution in [1.82, 2.24) is 0 Å². The van der Waals surface area contributed by atoms with E-state index in [2.05, 4.69) is 19.9 Å². The lowest BCUT2D eigenvalue weighted by Gasteiger charge is -2.25. The van der Waals surface area contributed by atoms with Gasteiger partial charge in [-0.05, 0) is 26.7 Å². The van der Waals surface area contributed by atoms with Gasteiger partial charge in [0.15, 0.2) is 0 Å². The molecule has 1 heteroatoms. The second-order valence-electron chi connectivity index (χ2n) is 2.80. The Kier molecular flexibility index (Phi) is 2.29. The van der Waals surface area contributed by atoms with Crippen LogP contribution in [0.5, 0.6) is 0 Å². The Hall–Kier alpha value is -0.300. The molecule has 1 nitrogen and oxygen atoms in total. The van der Waals surface area contributed by atoms with E-state index in [1.54, 1.807) is 0 Å². The van der Waals surface area contributed by atoms with Gasteiger partial charge in [0.1, 0.15) is 0 Å². The first-order chi connectivity index (χ1) is 4.29. The zero-order valence-corrected chi connectivity index (χ0v) is 6.18. The van der Waals surface area contributed by atoms with Gasteiger partial charge < -0.3 is 4.74 Å². The average Bonchev–Trinajstić information content (AvgIpc) is 1.60. The Bertz CT molecular complexity index is 108. The molecular weight excluding hydrogens is 112 g/mol. The maximum atomic E-state index is 5.24. The van der Waals surface area contributed by atoms with Gasteiger partial charge in [-0.3, -0.25) is 0 Å². The van der Waals surface area contributed by atoms with E-state index in [1.165, 1.54) is 12.0 Å². The second kappa shape index (κ2) is 3.02. The van der Waals surface area contributed by atoms with Crippen LogP contribution in [-0.4, -0.2) is 12.7 Å². The molecule has 0 aliphatic carbocycles. The second-order valence-corrected chi connectivity index (χ2v) is 2.80. The molecule has 1 unspecified atom stereocenters. The number of hydrogen-bond donors (Lipinski definition) is 0. The molecule has 0 aromatic rings. The molecule has 0 saturated carbocycles. The standard InChI is InChI=1S/C8H14O/c1-7(2)3-4-8-5-6-9-8/h3,8H,4-6H2,1-2H3. The predicted octanol–water partition coefficient (Wildman–Crippen LogP) is 2.13. The summed E-state index contributed by atoms with van der Waals surface area (Å²) in [6.07, 6.45) is 5.15. The van der Waals surface area contributed by atoms with Crippen LogP contribution in [0.15, 0.2) is 11.6 Å². The summed E-state index contributed by atoms with van der Waals surface area (Å²) in [4.78, 5) is 0. The van der Waals surface area contributed by atoms with Crippen molar-refractivity contribution in [2.24, 2.45) is 0 Å². The number of allylic oxidation sites excluding steroid dienone is 1. The summed E-state index contributed by atoms with van der Waals surface area (Å²) in [6, 6.07) is 0. The topological polar surface area (TPSA) is 9.23 Å². The molecule has 52 valence electrons. The fourth-order valence-electron chi connectivity index (χ4n) is 0.838. The number of hydrogen-bond acceptors (Lipinski definition) is 1. The molecule has 1 rings (SSSR count). The molecule has 0 aromatic heterocycles. The van der Waals surface area contributed by atoms with E-state index in [4.69, 9.17) is 4.74 Å². The Labute approximate surface area is 56.7 Å². The SMILES string of the molecule is CC(C)=CCC1CCO1. The van der Waals surface area contributed by atoms with Gasteiger partial charge in [-0.2, -0.15) is 0 Å². The van der Waals surface area contributed by atoms with Crippen molar-refractivity contribution in [2.45, 2.75) is 32.8 Å². The van der Waals surface area contributed by atoms with Gasteiger partial charge in [0.05, 0.1) is 6.10 Å². The van der Waals surface area contributed by atoms with Crippen LogP contribution in [0.25, 0.3) is 0 Å². The molecule has 1 heterocycles. The van der Waals surface area contributed by atoms with E-state index in [0.29, 0.717) is 6.10 Å². The highest BCUT2D eigenvalue weighted by Crippen LogP contribution is 2.15. The summed E-state index contributed by atoms with van der Waals surface area (Å²) < 4.78 is 5.24. The molecule has 0 bridgehead atoms. The highest BCUT2D eigenvalue weighted by Gasteiger charge is 2.15. The lowest BCUT2D eigenvalue weighted by atomic mass is 10.1. The van der Waals surface area contributed by atoms with Crippen molar-refractivity contribution < 1.29 is 4.74 Å². The number of rotatable bonds is 2. The van der Waals surface area contributed by atoms with Crippen LogP contribution in [0, 0.1) is 0 Å². The summed E-state index contributed by atoms with van der Waals surface area (Å²) in [5.41, 5.74) is 1.39. The maximum Gasteiger partial charge on any atom is 0.0631 e. The first-order valence-corrected chi connectivity index (χ1v) is 3.54. The van der Waals surface area contributed by atoms with E-state index in [0.717, 1.165) is 13.0 Å². The molecule has 1 aliphatic heterocycles. The minimum Gasteiger partial charge on any atom is -0.378 e. The third-order valence-corrected chi connectivity index (χ3v) is 1.58. The van der Waals surface area contributed by atoms with E-state index in [1.807, 2.05) is 0 Å². The smallest absolute Gasteiger partial charge is 0.0631 e. The summed E-state index contributed by atoms with van der Waals surface area (Å²) in [5, 5.41) is 0. The first-order valence-electron chi connectivity index (χ1n) is 3.54. The molecule has 0 radical (unpaired) electrons. The van der Waals surface area contributed by atoms with Gasteiger partial charge >= 0.3 is 0 Å². The minimum absolute atomic E-state index is 0.542. The largest absolute Gasteiger partial charge is 0.378 e. The highest BCUT2D eigenvalue weighted by molar-refractivity contribution is 4.95.